The SMILES string of the molecule is Cc1ccc2[nH+]c3cc(N(C)C)ccc3nc2c1.Cc1ccc2[nH+]c3cc(N(C)C)ccc3nc2c1.O=S(=O)([O-])[O-]. The minimum atomic E-state index is -5.17. The largest absolute Gasteiger partial charge is 0.759 e. The molecule has 0 amide bonds. The van der Waals surface area contributed by atoms with Crippen molar-refractivity contribution in [3.8, 4) is 0 Å². The Balaban J connectivity index is 0.000000163. The second-order valence-corrected chi connectivity index (χ2v) is 10.9. The molecule has 0 bridgehead atoms. The first-order chi connectivity index (χ1) is 19.3. The van der Waals surface area contributed by atoms with Gasteiger partial charge >= 0.3 is 0 Å². The van der Waals surface area contributed by atoms with Gasteiger partial charge in [0.1, 0.15) is 22.1 Å². The number of H-pyrrole nitrogens is 2. The van der Waals surface area contributed by atoms with Gasteiger partial charge in [0.25, 0.3) is 0 Å². The van der Waals surface area contributed by atoms with E-state index in [-0.39, 0.29) is 0 Å². The van der Waals surface area contributed by atoms with Crippen molar-refractivity contribution in [2.45, 2.75) is 13.8 Å². The van der Waals surface area contributed by atoms with Gasteiger partial charge in [-0.15, -0.1) is 0 Å². The molecule has 10 nitrogen and oxygen atoms in total. The third kappa shape index (κ3) is 7.82. The first kappa shape index (κ1) is 29.5. The summed E-state index contributed by atoms with van der Waals surface area (Å²) in [7, 11) is 3.00. The number of hydrogen-bond donors (Lipinski definition) is 0. The van der Waals surface area contributed by atoms with E-state index < -0.39 is 10.4 Å². The Labute approximate surface area is 238 Å². The molecule has 41 heavy (non-hydrogen) atoms. The van der Waals surface area contributed by atoms with Crippen LogP contribution in [0.15, 0.2) is 72.8 Å². The van der Waals surface area contributed by atoms with Crippen molar-refractivity contribution in [2.24, 2.45) is 0 Å². The molecule has 2 N–H and O–H groups in total. The van der Waals surface area contributed by atoms with Gasteiger partial charge in [0.2, 0.25) is 22.1 Å². The summed E-state index contributed by atoms with van der Waals surface area (Å²) >= 11 is 0. The maximum Gasteiger partial charge on any atom is 0.232 e. The number of aromatic amines is 2. The zero-order valence-electron chi connectivity index (χ0n) is 23.8. The van der Waals surface area contributed by atoms with Crippen LogP contribution in [0.2, 0.25) is 0 Å². The van der Waals surface area contributed by atoms with E-state index in [1.54, 1.807) is 0 Å². The Kier molecular flexibility index (Phi) is 8.62. The highest BCUT2D eigenvalue weighted by Crippen LogP contribution is 2.20. The van der Waals surface area contributed by atoms with Crippen LogP contribution in [-0.4, -0.2) is 55.7 Å². The van der Waals surface area contributed by atoms with Crippen molar-refractivity contribution in [3.63, 3.8) is 0 Å². The van der Waals surface area contributed by atoms with Gasteiger partial charge in [0.05, 0.1) is 0 Å². The maximum absolute atomic E-state index is 8.52. The van der Waals surface area contributed by atoms with Crippen LogP contribution in [-0.2, 0) is 10.4 Å². The van der Waals surface area contributed by atoms with Crippen molar-refractivity contribution in [1.82, 2.24) is 9.97 Å². The molecule has 0 radical (unpaired) electrons. The highest BCUT2D eigenvalue weighted by molar-refractivity contribution is 7.79. The van der Waals surface area contributed by atoms with Crippen molar-refractivity contribution in [2.75, 3.05) is 38.0 Å². The number of nitrogens with one attached hydrogen (secondary N) is 2. The molecule has 2 heterocycles. The van der Waals surface area contributed by atoms with E-state index in [1.807, 2.05) is 28.2 Å². The minimum absolute atomic E-state index is 0.999. The lowest BCUT2D eigenvalue weighted by atomic mass is 10.2. The smallest absolute Gasteiger partial charge is 0.232 e. The summed E-state index contributed by atoms with van der Waals surface area (Å²) in [4.78, 5) is 20.4. The number of aromatic nitrogens is 4. The molecule has 0 aliphatic rings. The van der Waals surface area contributed by atoms with Crippen LogP contribution in [0.4, 0.5) is 11.4 Å². The Morgan fingerprint density at radius 3 is 1.27 bits per heavy atom. The van der Waals surface area contributed by atoms with Crippen LogP contribution in [0.3, 0.4) is 0 Å². The molecule has 0 spiro atoms. The molecule has 0 aliphatic carbocycles. The van der Waals surface area contributed by atoms with Gasteiger partial charge in [-0.05, 0) is 61.4 Å². The van der Waals surface area contributed by atoms with Crippen LogP contribution in [0.25, 0.3) is 44.1 Å². The summed E-state index contributed by atoms with van der Waals surface area (Å²) < 4.78 is 34.1. The molecule has 0 aliphatic heterocycles. The second kappa shape index (κ2) is 12.0. The van der Waals surface area contributed by atoms with Crippen molar-refractivity contribution in [3.05, 3.63) is 83.9 Å². The Bertz CT molecular complexity index is 1840. The number of fused-ring (bicyclic) bond motifs is 4. The van der Waals surface area contributed by atoms with Gasteiger partial charge in [0.15, 0.2) is 0 Å². The quantitative estimate of drug-likeness (QED) is 0.173. The second-order valence-electron chi connectivity index (χ2n) is 10.1. The molecule has 0 fully saturated rings. The molecule has 2 aromatic heterocycles. The van der Waals surface area contributed by atoms with Crippen LogP contribution in [0.1, 0.15) is 11.1 Å². The molecule has 212 valence electrons. The van der Waals surface area contributed by atoms with Crippen LogP contribution in [0, 0.1) is 13.8 Å². The highest BCUT2D eigenvalue weighted by atomic mass is 32.3. The normalized spacial score (nSPS) is 11.1. The van der Waals surface area contributed by atoms with Gasteiger partial charge in [-0.1, -0.05) is 12.1 Å². The van der Waals surface area contributed by atoms with E-state index in [9.17, 15) is 0 Å². The van der Waals surface area contributed by atoms with E-state index in [0.29, 0.717) is 0 Å². The summed E-state index contributed by atoms with van der Waals surface area (Å²) in [5.41, 5.74) is 13.1. The topological polar surface area (TPSA) is 141 Å². The first-order valence-corrected chi connectivity index (χ1v) is 14.1. The summed E-state index contributed by atoms with van der Waals surface area (Å²) in [5.74, 6) is 0. The Morgan fingerprint density at radius 2 is 0.927 bits per heavy atom. The lowest BCUT2D eigenvalue weighted by Gasteiger charge is -2.11. The van der Waals surface area contributed by atoms with Gasteiger partial charge in [0, 0.05) is 74.2 Å². The fraction of sp³-hybridized carbons (Fsp3) is 0.200. The third-order valence-corrected chi connectivity index (χ3v) is 6.32. The zero-order chi connectivity index (χ0) is 29.9. The number of aryl methyl sites for hydroxylation is 2. The van der Waals surface area contributed by atoms with E-state index in [2.05, 4.69) is 116 Å². The number of rotatable bonds is 2. The molecular formula is C30H32N6O4S. The maximum atomic E-state index is 8.52. The first-order valence-electron chi connectivity index (χ1n) is 12.7. The highest BCUT2D eigenvalue weighted by Gasteiger charge is 2.10. The van der Waals surface area contributed by atoms with Crippen molar-refractivity contribution < 1.29 is 27.5 Å². The van der Waals surface area contributed by atoms with Gasteiger partial charge in [-0.3, -0.25) is 8.42 Å². The Morgan fingerprint density at radius 1 is 0.561 bits per heavy atom. The standard InChI is InChI=1S/2C15H15N3.H2O4S/c2*1-10-4-6-12-14(8-10)16-13-7-5-11(18(2)3)9-15(13)17-12;1-5(2,3)4/h2*4-9H,1-3H3;(H2,1,2,3,4). The molecule has 6 rings (SSSR count). The van der Waals surface area contributed by atoms with Gasteiger partial charge in [-0.2, -0.15) is 0 Å². The van der Waals surface area contributed by atoms with E-state index in [4.69, 9.17) is 17.5 Å². The van der Waals surface area contributed by atoms with Crippen LogP contribution in [0.5, 0.6) is 0 Å². The van der Waals surface area contributed by atoms with Gasteiger partial charge < -0.3 is 18.9 Å². The summed E-state index contributed by atoms with van der Waals surface area (Å²) in [6.45, 7) is 4.17. The predicted molar refractivity (Wildman–Crippen MR) is 160 cm³/mol. The molecule has 11 heteroatoms. The number of nitrogens with zero attached hydrogens (tertiary/aromatic N) is 4. The molecule has 0 unspecified atom stereocenters. The molecule has 0 saturated heterocycles. The fourth-order valence-corrected chi connectivity index (χ4v) is 4.23. The molecular weight excluding hydrogens is 540 g/mol. The Hall–Kier alpha value is -4.45. The average molecular weight is 573 g/mol. The van der Waals surface area contributed by atoms with Crippen LogP contribution < -0.4 is 19.8 Å². The van der Waals surface area contributed by atoms with Crippen molar-refractivity contribution in [1.29, 1.82) is 0 Å². The van der Waals surface area contributed by atoms with E-state index in [0.717, 1.165) is 44.1 Å². The summed E-state index contributed by atoms with van der Waals surface area (Å²) in [6, 6.07) is 25.1. The molecule has 0 atom stereocenters. The molecule has 6 aromatic rings. The minimum Gasteiger partial charge on any atom is -0.759 e. The van der Waals surface area contributed by atoms with E-state index >= 15 is 0 Å². The number of hydrogen-bond acceptors (Lipinski definition) is 8. The van der Waals surface area contributed by atoms with Crippen molar-refractivity contribution >= 4 is 65.9 Å². The third-order valence-electron chi connectivity index (χ3n) is 6.32. The predicted octanol–water partition coefficient (Wildman–Crippen LogP) is 3.82. The van der Waals surface area contributed by atoms with Gasteiger partial charge in [-0.25, -0.2) is 19.9 Å². The molecule has 4 aromatic carbocycles. The molecule has 0 saturated carbocycles. The fourth-order valence-electron chi connectivity index (χ4n) is 4.23. The monoisotopic (exact) mass is 572 g/mol. The van der Waals surface area contributed by atoms with Crippen LogP contribution >= 0.6 is 0 Å². The summed E-state index contributed by atoms with van der Waals surface area (Å²) in [5, 5.41) is 0. The van der Waals surface area contributed by atoms with E-state index in [1.165, 1.54) is 22.5 Å². The lowest BCUT2D eigenvalue weighted by molar-refractivity contribution is -0.311. The zero-order valence-corrected chi connectivity index (χ0v) is 24.6. The lowest BCUT2D eigenvalue weighted by Crippen LogP contribution is -2.11. The summed E-state index contributed by atoms with van der Waals surface area (Å²) in [6.07, 6.45) is 0. The number of benzene rings is 4. The average Bonchev–Trinajstić information content (AvgIpc) is 2.89. The number of anilines is 2.